The molecular formula is C35H43ClN4O. The predicted octanol–water partition coefficient (Wildman–Crippen LogP) is 7.68. The summed E-state index contributed by atoms with van der Waals surface area (Å²) in [6.07, 6.45) is 11.1. The summed E-state index contributed by atoms with van der Waals surface area (Å²) in [6, 6.07) is 18.3. The van der Waals surface area contributed by atoms with E-state index in [-0.39, 0.29) is 5.92 Å². The molecule has 2 atom stereocenters. The van der Waals surface area contributed by atoms with Gasteiger partial charge >= 0.3 is 0 Å². The fourth-order valence-corrected chi connectivity index (χ4v) is 6.76. The second-order valence-corrected chi connectivity index (χ2v) is 12.4. The summed E-state index contributed by atoms with van der Waals surface area (Å²) in [5.74, 6) is 2.79. The number of aliphatic imine (C=N–C) groups is 1. The lowest BCUT2D eigenvalue weighted by Gasteiger charge is -2.36. The Morgan fingerprint density at radius 2 is 1.73 bits per heavy atom. The number of hydrogen-bond acceptors (Lipinski definition) is 3. The Kier molecular flexibility index (Phi) is 9.66. The number of nitrogens with one attached hydrogen (secondary N) is 2. The monoisotopic (exact) mass is 570 g/mol. The van der Waals surface area contributed by atoms with Gasteiger partial charge in [-0.25, -0.2) is 0 Å². The minimum Gasteiger partial charge on any atom is -0.342 e. The molecule has 2 fully saturated rings. The normalized spacial score (nSPS) is 22.4. The molecule has 0 aromatic heterocycles. The van der Waals surface area contributed by atoms with E-state index in [1.807, 2.05) is 36.4 Å². The third kappa shape index (κ3) is 7.32. The zero-order valence-corrected chi connectivity index (χ0v) is 25.4. The molecule has 1 saturated heterocycles. The molecule has 0 spiro atoms. The molecule has 5 rings (SSSR count). The van der Waals surface area contributed by atoms with Crippen molar-refractivity contribution in [2.75, 3.05) is 19.6 Å². The summed E-state index contributed by atoms with van der Waals surface area (Å²) in [5.41, 5.74) is 5.37. The number of carbonyl (C=O) groups excluding carboxylic acids is 1. The maximum absolute atomic E-state index is 14.0. The van der Waals surface area contributed by atoms with E-state index >= 15 is 0 Å². The Balaban J connectivity index is 1.34. The van der Waals surface area contributed by atoms with Crippen LogP contribution in [-0.4, -0.2) is 36.3 Å². The molecule has 2 unspecified atom stereocenters. The standard InChI is InChI=1S/C35H43ClN4O/c1-24(2)20-25(3)34-38-31(29-17-9-10-18-30(29)36)21-32(39-34)37-22-26-12-11-19-40(23-26)35(41)33(28-15-7-8-16-28)27-13-5-4-6-14-27/h4-6,9-10,13-14,17-18,20-21,26,28,33,38H,7-8,11-12,15-16,19,22-23H2,1-3H3,(H,37,39)/b34-25-. The molecule has 0 bridgehead atoms. The summed E-state index contributed by atoms with van der Waals surface area (Å²) in [6.45, 7) is 8.57. The van der Waals surface area contributed by atoms with E-state index < -0.39 is 0 Å². The van der Waals surface area contributed by atoms with Gasteiger partial charge < -0.3 is 15.5 Å². The molecule has 216 valence electrons. The number of hydrogen-bond donors (Lipinski definition) is 2. The molecule has 41 heavy (non-hydrogen) atoms. The van der Waals surface area contributed by atoms with E-state index in [1.54, 1.807) is 0 Å². The van der Waals surface area contributed by atoms with Crippen LogP contribution in [0, 0.1) is 11.8 Å². The van der Waals surface area contributed by atoms with Crippen LogP contribution in [0.2, 0.25) is 5.02 Å². The van der Waals surface area contributed by atoms with Gasteiger partial charge in [0, 0.05) is 36.3 Å². The molecule has 1 saturated carbocycles. The largest absolute Gasteiger partial charge is 0.342 e. The number of amidine groups is 1. The molecule has 5 nitrogen and oxygen atoms in total. The Labute approximate surface area is 250 Å². The van der Waals surface area contributed by atoms with Crippen molar-refractivity contribution in [3.63, 3.8) is 0 Å². The Morgan fingerprint density at radius 3 is 2.46 bits per heavy atom. The minimum absolute atomic E-state index is 0.0262. The predicted molar refractivity (Wildman–Crippen MR) is 171 cm³/mol. The third-order valence-corrected chi connectivity index (χ3v) is 8.83. The van der Waals surface area contributed by atoms with Crippen molar-refractivity contribution in [1.29, 1.82) is 0 Å². The number of likely N-dealkylation sites (tertiary alicyclic amines) is 1. The SMILES string of the molecule is CC(C)=C/C(C)=C1/NC(c2ccccc2Cl)=CC(=NCC2CCCN(C(=O)C(c3ccccc3)C3CCCC3)C2)N1. The highest BCUT2D eigenvalue weighted by atomic mass is 35.5. The van der Waals surface area contributed by atoms with Crippen molar-refractivity contribution in [3.8, 4) is 0 Å². The summed E-state index contributed by atoms with van der Waals surface area (Å²) in [4.78, 5) is 21.2. The highest BCUT2D eigenvalue weighted by Gasteiger charge is 2.36. The third-order valence-electron chi connectivity index (χ3n) is 8.50. The molecule has 3 aliphatic rings. The zero-order valence-electron chi connectivity index (χ0n) is 24.6. The average molecular weight is 571 g/mol. The first-order valence-corrected chi connectivity index (χ1v) is 15.5. The Bertz CT molecular complexity index is 1350. The van der Waals surface area contributed by atoms with Gasteiger partial charge in [0.05, 0.1) is 11.6 Å². The molecule has 1 aliphatic carbocycles. The lowest BCUT2D eigenvalue weighted by molar-refractivity contribution is -0.135. The molecule has 1 amide bonds. The summed E-state index contributed by atoms with van der Waals surface area (Å²) < 4.78 is 0. The van der Waals surface area contributed by atoms with Crippen LogP contribution in [-0.2, 0) is 4.79 Å². The number of nitrogens with zero attached hydrogens (tertiary/aromatic N) is 2. The van der Waals surface area contributed by atoms with Crippen molar-refractivity contribution < 1.29 is 4.79 Å². The maximum Gasteiger partial charge on any atom is 0.230 e. The average Bonchev–Trinajstić information content (AvgIpc) is 3.51. The molecule has 2 aliphatic heterocycles. The summed E-state index contributed by atoms with van der Waals surface area (Å²) in [5, 5.41) is 7.73. The number of halogens is 1. The van der Waals surface area contributed by atoms with Gasteiger partial charge in [0.1, 0.15) is 11.7 Å². The molecule has 6 heteroatoms. The van der Waals surface area contributed by atoms with Gasteiger partial charge in [-0.05, 0) is 75.5 Å². The fourth-order valence-electron chi connectivity index (χ4n) is 6.52. The van der Waals surface area contributed by atoms with Gasteiger partial charge in [-0.2, -0.15) is 0 Å². The fraction of sp³-hybridized carbons (Fsp3) is 0.429. The van der Waals surface area contributed by atoms with E-state index in [9.17, 15) is 4.79 Å². The number of allylic oxidation sites excluding steroid dienone is 3. The smallest absolute Gasteiger partial charge is 0.230 e. The first-order chi connectivity index (χ1) is 19.9. The summed E-state index contributed by atoms with van der Waals surface area (Å²) in [7, 11) is 0. The van der Waals surface area contributed by atoms with Crippen LogP contribution in [0.3, 0.4) is 0 Å². The van der Waals surface area contributed by atoms with Crippen molar-refractivity contribution >= 4 is 29.0 Å². The summed E-state index contributed by atoms with van der Waals surface area (Å²) >= 11 is 6.57. The molecule has 2 aromatic carbocycles. The highest BCUT2D eigenvalue weighted by Crippen LogP contribution is 2.39. The van der Waals surface area contributed by atoms with Gasteiger partial charge in [0.15, 0.2) is 0 Å². The topological polar surface area (TPSA) is 56.7 Å². The highest BCUT2D eigenvalue weighted by molar-refractivity contribution is 6.32. The van der Waals surface area contributed by atoms with Crippen molar-refractivity contribution in [3.05, 3.63) is 99.9 Å². The van der Waals surface area contributed by atoms with Crippen LogP contribution in [0.1, 0.15) is 76.3 Å². The minimum atomic E-state index is -0.0262. The number of benzene rings is 2. The van der Waals surface area contributed by atoms with E-state index in [0.717, 1.165) is 67.3 Å². The zero-order chi connectivity index (χ0) is 28.8. The quantitative estimate of drug-likeness (QED) is 0.359. The van der Waals surface area contributed by atoms with Crippen molar-refractivity contribution in [2.24, 2.45) is 16.8 Å². The van der Waals surface area contributed by atoms with Crippen LogP contribution in [0.5, 0.6) is 0 Å². The second-order valence-electron chi connectivity index (χ2n) is 12.0. The van der Waals surface area contributed by atoms with Gasteiger partial charge in [-0.15, -0.1) is 0 Å². The van der Waals surface area contributed by atoms with Crippen LogP contribution in [0.15, 0.2) is 88.7 Å². The number of carbonyl (C=O) groups is 1. The van der Waals surface area contributed by atoms with Gasteiger partial charge in [-0.1, -0.05) is 84.6 Å². The van der Waals surface area contributed by atoms with Crippen LogP contribution < -0.4 is 10.6 Å². The lowest BCUT2D eigenvalue weighted by Crippen LogP contribution is -2.44. The van der Waals surface area contributed by atoms with Crippen molar-refractivity contribution in [2.45, 2.75) is 65.2 Å². The maximum atomic E-state index is 14.0. The Hall–Kier alpha value is -3.31. The van der Waals surface area contributed by atoms with Crippen LogP contribution >= 0.6 is 11.6 Å². The van der Waals surface area contributed by atoms with Crippen molar-refractivity contribution in [1.82, 2.24) is 15.5 Å². The van der Waals surface area contributed by atoms with E-state index in [1.165, 1.54) is 24.0 Å². The molecule has 2 aromatic rings. The number of rotatable bonds is 7. The van der Waals surface area contributed by atoms with E-state index in [4.69, 9.17) is 16.6 Å². The van der Waals surface area contributed by atoms with E-state index in [0.29, 0.717) is 29.3 Å². The Morgan fingerprint density at radius 1 is 1.00 bits per heavy atom. The first-order valence-electron chi connectivity index (χ1n) is 15.1. The molecule has 0 radical (unpaired) electrons. The first kappa shape index (κ1) is 29.2. The molecule has 2 N–H and O–H groups in total. The van der Waals surface area contributed by atoms with Gasteiger partial charge in [-0.3, -0.25) is 9.79 Å². The number of amides is 1. The van der Waals surface area contributed by atoms with Crippen LogP contribution in [0.25, 0.3) is 5.70 Å². The second kappa shape index (κ2) is 13.6. The van der Waals surface area contributed by atoms with Gasteiger partial charge in [0.2, 0.25) is 5.91 Å². The van der Waals surface area contributed by atoms with Crippen LogP contribution in [0.4, 0.5) is 0 Å². The van der Waals surface area contributed by atoms with Gasteiger partial charge in [0.25, 0.3) is 0 Å². The van der Waals surface area contributed by atoms with E-state index in [2.05, 4.69) is 66.6 Å². The molecule has 2 heterocycles. The lowest BCUT2D eigenvalue weighted by atomic mass is 9.83. The number of piperidine rings is 1. The molecular weight excluding hydrogens is 528 g/mol.